The van der Waals surface area contributed by atoms with Crippen LogP contribution in [0, 0.1) is 0 Å². The molecule has 0 saturated heterocycles. The van der Waals surface area contributed by atoms with Crippen molar-refractivity contribution in [3.63, 3.8) is 0 Å². The second kappa shape index (κ2) is 3.36. The molecule has 0 bridgehead atoms. The maximum absolute atomic E-state index is 3.21. The summed E-state index contributed by atoms with van der Waals surface area (Å²) in [5.74, 6) is 0. The lowest BCUT2D eigenvalue weighted by atomic mass is 10.2. The van der Waals surface area contributed by atoms with Gasteiger partial charge >= 0.3 is 0 Å². The van der Waals surface area contributed by atoms with Crippen molar-refractivity contribution in [3.8, 4) is 0 Å². The molecule has 2 heterocycles. The molecule has 0 radical (unpaired) electrons. The summed E-state index contributed by atoms with van der Waals surface area (Å²) in [4.78, 5) is 0. The summed E-state index contributed by atoms with van der Waals surface area (Å²) in [5.41, 5.74) is 2.64. The predicted octanol–water partition coefficient (Wildman–Crippen LogP) is 3.03. The zero-order chi connectivity index (χ0) is 10.3. The van der Waals surface area contributed by atoms with E-state index in [2.05, 4.69) is 45.6 Å². The van der Waals surface area contributed by atoms with Crippen LogP contribution in [0.3, 0.4) is 0 Å². The van der Waals surface area contributed by atoms with Gasteiger partial charge in [0, 0.05) is 5.39 Å². The number of nitrogens with zero attached hydrogens (tertiary/aromatic N) is 1. The van der Waals surface area contributed by atoms with Crippen molar-refractivity contribution in [1.29, 1.82) is 0 Å². The normalized spacial score (nSPS) is 11.5. The molecule has 0 aliphatic rings. The molecular weight excluding hydrogens is 204 g/mol. The quantitative estimate of drug-likeness (QED) is 0.696. The van der Waals surface area contributed by atoms with Crippen LogP contribution in [-0.4, -0.2) is 11.6 Å². The second-order valence-electron chi connectivity index (χ2n) is 3.59. The fourth-order valence-electron chi connectivity index (χ4n) is 2.08. The Morgan fingerprint density at radius 2 is 2.07 bits per heavy atom. The van der Waals surface area contributed by atoms with Crippen molar-refractivity contribution in [3.05, 3.63) is 35.7 Å². The average Bonchev–Trinajstić information content (AvgIpc) is 2.82. The molecule has 0 fully saturated rings. The van der Waals surface area contributed by atoms with Crippen molar-refractivity contribution >= 4 is 32.5 Å². The molecule has 0 aliphatic carbocycles. The molecule has 76 valence electrons. The first-order chi connectivity index (χ1) is 7.42. The number of nitrogens with one attached hydrogen (secondary N) is 1. The summed E-state index contributed by atoms with van der Waals surface area (Å²) in [6, 6.07) is 10.8. The summed E-state index contributed by atoms with van der Waals surface area (Å²) in [7, 11) is 1.98. The molecule has 1 aromatic carbocycles. The molecule has 2 nitrogen and oxygen atoms in total. The minimum absolute atomic E-state index is 0.862. The van der Waals surface area contributed by atoms with E-state index < -0.39 is 0 Å². The Kier molecular flexibility index (Phi) is 2.01. The summed E-state index contributed by atoms with van der Waals surface area (Å²) in [5, 5.41) is 6.73. The van der Waals surface area contributed by atoms with E-state index >= 15 is 0 Å². The van der Waals surface area contributed by atoms with Crippen LogP contribution in [0.4, 0.5) is 0 Å². The molecule has 0 spiro atoms. The van der Waals surface area contributed by atoms with E-state index in [-0.39, 0.29) is 0 Å². The van der Waals surface area contributed by atoms with E-state index in [0.29, 0.717) is 0 Å². The van der Waals surface area contributed by atoms with Crippen LogP contribution in [-0.2, 0) is 6.67 Å². The van der Waals surface area contributed by atoms with Gasteiger partial charge < -0.3 is 9.88 Å². The van der Waals surface area contributed by atoms with Gasteiger partial charge in [0.1, 0.15) is 0 Å². The summed E-state index contributed by atoms with van der Waals surface area (Å²) < 4.78 is 3.71. The number of hydrogen-bond donors (Lipinski definition) is 1. The van der Waals surface area contributed by atoms with Gasteiger partial charge in [-0.05, 0) is 24.6 Å². The van der Waals surface area contributed by atoms with E-state index in [1.54, 1.807) is 0 Å². The van der Waals surface area contributed by atoms with Crippen molar-refractivity contribution in [1.82, 2.24) is 9.88 Å². The smallest absolute Gasteiger partial charge is 0.0730 e. The van der Waals surface area contributed by atoms with Crippen LogP contribution >= 0.6 is 11.3 Å². The second-order valence-corrected chi connectivity index (χ2v) is 4.51. The highest BCUT2D eigenvalue weighted by Gasteiger charge is 2.09. The fourth-order valence-corrected chi connectivity index (χ4v) is 3.01. The molecule has 0 atom stereocenters. The average molecular weight is 216 g/mol. The Hall–Kier alpha value is -1.32. The Bertz CT molecular complexity index is 606. The third-order valence-electron chi connectivity index (χ3n) is 2.69. The van der Waals surface area contributed by atoms with Gasteiger partial charge in [0.15, 0.2) is 0 Å². The van der Waals surface area contributed by atoms with Crippen LogP contribution in [0.5, 0.6) is 0 Å². The Morgan fingerprint density at radius 1 is 1.20 bits per heavy atom. The van der Waals surface area contributed by atoms with Gasteiger partial charge in [-0.25, -0.2) is 0 Å². The number of benzene rings is 1. The zero-order valence-corrected chi connectivity index (χ0v) is 9.34. The number of thiophene rings is 1. The SMILES string of the molecule is CNCn1c2ccccc2c2sccc21. The van der Waals surface area contributed by atoms with Crippen LogP contribution in [0.25, 0.3) is 21.1 Å². The number of aromatic nitrogens is 1. The van der Waals surface area contributed by atoms with Gasteiger partial charge in [-0.1, -0.05) is 18.2 Å². The molecule has 0 saturated carbocycles. The highest BCUT2D eigenvalue weighted by Crippen LogP contribution is 2.32. The topological polar surface area (TPSA) is 17.0 Å². The van der Waals surface area contributed by atoms with Gasteiger partial charge in [-0.2, -0.15) is 0 Å². The highest BCUT2D eigenvalue weighted by molar-refractivity contribution is 7.18. The summed E-state index contributed by atoms with van der Waals surface area (Å²) >= 11 is 1.81. The number of fused-ring (bicyclic) bond motifs is 3. The third kappa shape index (κ3) is 1.20. The molecular formula is C12H12N2S. The minimum Gasteiger partial charge on any atom is -0.326 e. The van der Waals surface area contributed by atoms with E-state index in [0.717, 1.165) is 6.67 Å². The molecule has 3 heteroatoms. The van der Waals surface area contributed by atoms with Crippen LogP contribution < -0.4 is 5.32 Å². The molecule has 1 N–H and O–H groups in total. The predicted molar refractivity (Wildman–Crippen MR) is 66.4 cm³/mol. The van der Waals surface area contributed by atoms with Crippen LogP contribution in [0.15, 0.2) is 35.7 Å². The van der Waals surface area contributed by atoms with Gasteiger partial charge in [0.05, 0.1) is 22.4 Å². The lowest BCUT2D eigenvalue weighted by Crippen LogP contribution is -2.12. The Morgan fingerprint density at radius 3 is 2.93 bits per heavy atom. The molecule has 0 aliphatic heterocycles. The largest absolute Gasteiger partial charge is 0.326 e. The van der Waals surface area contributed by atoms with Crippen LogP contribution in [0.2, 0.25) is 0 Å². The standard InChI is InChI=1S/C12H12N2S/c1-13-8-14-10-5-3-2-4-9(10)12-11(14)6-7-15-12/h2-7,13H,8H2,1H3. The number of para-hydroxylation sites is 1. The highest BCUT2D eigenvalue weighted by atomic mass is 32.1. The first-order valence-corrected chi connectivity index (χ1v) is 5.89. The van der Waals surface area contributed by atoms with E-state index in [1.165, 1.54) is 21.1 Å². The van der Waals surface area contributed by atoms with E-state index in [1.807, 2.05) is 18.4 Å². The van der Waals surface area contributed by atoms with Crippen molar-refractivity contribution in [2.75, 3.05) is 7.05 Å². The number of rotatable bonds is 2. The minimum atomic E-state index is 0.862. The molecule has 3 rings (SSSR count). The van der Waals surface area contributed by atoms with Gasteiger partial charge in [-0.3, -0.25) is 0 Å². The van der Waals surface area contributed by atoms with E-state index in [4.69, 9.17) is 0 Å². The van der Waals surface area contributed by atoms with Gasteiger partial charge in [0.25, 0.3) is 0 Å². The monoisotopic (exact) mass is 216 g/mol. The first kappa shape index (κ1) is 8.95. The molecule has 2 aromatic heterocycles. The van der Waals surface area contributed by atoms with Crippen molar-refractivity contribution in [2.24, 2.45) is 0 Å². The molecule has 0 amide bonds. The van der Waals surface area contributed by atoms with E-state index in [9.17, 15) is 0 Å². The van der Waals surface area contributed by atoms with Crippen LogP contribution in [0.1, 0.15) is 0 Å². The lowest BCUT2D eigenvalue weighted by Gasteiger charge is -2.04. The molecule has 15 heavy (non-hydrogen) atoms. The fraction of sp³-hybridized carbons (Fsp3) is 0.167. The van der Waals surface area contributed by atoms with Gasteiger partial charge in [0.2, 0.25) is 0 Å². The van der Waals surface area contributed by atoms with Crippen molar-refractivity contribution < 1.29 is 0 Å². The Labute approximate surface area is 92.1 Å². The number of hydrogen-bond acceptors (Lipinski definition) is 2. The zero-order valence-electron chi connectivity index (χ0n) is 8.53. The third-order valence-corrected chi connectivity index (χ3v) is 3.63. The lowest BCUT2D eigenvalue weighted by molar-refractivity contribution is 0.654. The van der Waals surface area contributed by atoms with Gasteiger partial charge in [-0.15, -0.1) is 11.3 Å². The molecule has 3 aromatic rings. The summed E-state index contributed by atoms with van der Waals surface area (Å²) in [6.45, 7) is 0.862. The molecule has 0 unspecified atom stereocenters. The maximum Gasteiger partial charge on any atom is 0.0730 e. The van der Waals surface area contributed by atoms with Crippen molar-refractivity contribution in [2.45, 2.75) is 6.67 Å². The first-order valence-electron chi connectivity index (χ1n) is 5.01. The summed E-state index contributed by atoms with van der Waals surface area (Å²) in [6.07, 6.45) is 0. The Balaban J connectivity index is 2.47. The maximum atomic E-state index is 3.21.